The molecule has 0 heterocycles. The van der Waals surface area contributed by atoms with Gasteiger partial charge in [0.05, 0.1) is 13.2 Å². The van der Waals surface area contributed by atoms with Gasteiger partial charge in [0.15, 0.2) is 5.92 Å². The van der Waals surface area contributed by atoms with Crippen molar-refractivity contribution in [2.45, 2.75) is 20.0 Å². The average Bonchev–Trinajstić information content (AvgIpc) is 2.40. The van der Waals surface area contributed by atoms with Crippen LogP contribution in [0.5, 0.6) is 0 Å². The molecule has 0 bridgehead atoms. The van der Waals surface area contributed by atoms with E-state index in [-0.39, 0.29) is 18.8 Å². The normalized spacial score (nSPS) is 12.1. The van der Waals surface area contributed by atoms with Gasteiger partial charge in [0.25, 0.3) is 0 Å². The molecule has 0 aliphatic heterocycles. The van der Waals surface area contributed by atoms with E-state index in [2.05, 4.69) is 0 Å². The Morgan fingerprint density at radius 1 is 1.15 bits per heavy atom. The maximum Gasteiger partial charge on any atom is 0.323 e. The number of hydrogen-bond donors (Lipinski definition) is 1. The van der Waals surface area contributed by atoms with Crippen molar-refractivity contribution >= 4 is 11.9 Å². The van der Waals surface area contributed by atoms with Crippen LogP contribution < -0.4 is 0 Å². The molecule has 0 aliphatic rings. The molecule has 1 aromatic rings. The molecule has 1 aromatic carbocycles. The van der Waals surface area contributed by atoms with Gasteiger partial charge in [-0.2, -0.15) is 0 Å². The standard InChI is InChI=1S/C14H17FO5/c1-3-19-13(17)11(14(18)20-4-2)12(16)9-7-5-6-8-10(9)15/h5-8,11-12,16H,3-4H2,1-2H3. The number of rotatable bonds is 6. The summed E-state index contributed by atoms with van der Waals surface area (Å²) < 4.78 is 23.1. The zero-order valence-electron chi connectivity index (χ0n) is 11.3. The van der Waals surface area contributed by atoms with Gasteiger partial charge in [-0.25, -0.2) is 4.39 Å². The second kappa shape index (κ2) is 7.59. The molecule has 0 spiro atoms. The molecule has 0 aliphatic carbocycles. The second-order valence-corrected chi connectivity index (χ2v) is 3.95. The lowest BCUT2D eigenvalue weighted by molar-refractivity contribution is -0.167. The number of aliphatic hydroxyl groups is 1. The van der Waals surface area contributed by atoms with Gasteiger partial charge in [-0.05, 0) is 19.9 Å². The maximum atomic E-state index is 13.6. The fourth-order valence-corrected chi connectivity index (χ4v) is 1.71. The lowest BCUT2D eigenvalue weighted by Crippen LogP contribution is -2.33. The predicted molar refractivity (Wildman–Crippen MR) is 68.1 cm³/mol. The molecular formula is C14H17FO5. The van der Waals surface area contributed by atoms with Crippen molar-refractivity contribution in [2.75, 3.05) is 13.2 Å². The van der Waals surface area contributed by atoms with E-state index < -0.39 is 29.8 Å². The van der Waals surface area contributed by atoms with Gasteiger partial charge in [-0.1, -0.05) is 18.2 Å². The van der Waals surface area contributed by atoms with E-state index in [4.69, 9.17) is 9.47 Å². The van der Waals surface area contributed by atoms with Crippen molar-refractivity contribution in [1.82, 2.24) is 0 Å². The summed E-state index contributed by atoms with van der Waals surface area (Å²) in [4.78, 5) is 23.6. The van der Waals surface area contributed by atoms with Crippen LogP contribution in [0.2, 0.25) is 0 Å². The second-order valence-electron chi connectivity index (χ2n) is 3.95. The van der Waals surface area contributed by atoms with E-state index in [1.807, 2.05) is 0 Å². The SMILES string of the molecule is CCOC(=O)C(C(=O)OCC)C(O)c1ccccc1F. The summed E-state index contributed by atoms with van der Waals surface area (Å²) in [5.74, 6) is -4.20. The third kappa shape index (κ3) is 3.77. The smallest absolute Gasteiger partial charge is 0.323 e. The number of carbonyl (C=O) groups excluding carboxylic acids is 2. The molecule has 1 rings (SSSR count). The fourth-order valence-electron chi connectivity index (χ4n) is 1.71. The average molecular weight is 284 g/mol. The van der Waals surface area contributed by atoms with Crippen molar-refractivity contribution in [3.63, 3.8) is 0 Å². The Labute approximate surface area is 116 Å². The Kier molecular flexibility index (Phi) is 6.11. The number of carbonyl (C=O) groups is 2. The summed E-state index contributed by atoms with van der Waals surface area (Å²) in [7, 11) is 0. The van der Waals surface area contributed by atoms with Crippen molar-refractivity contribution in [3.05, 3.63) is 35.6 Å². The van der Waals surface area contributed by atoms with Gasteiger partial charge in [0.1, 0.15) is 11.9 Å². The van der Waals surface area contributed by atoms with Crippen LogP contribution in [0.3, 0.4) is 0 Å². The van der Waals surface area contributed by atoms with E-state index in [9.17, 15) is 19.1 Å². The molecule has 0 fully saturated rings. The first-order valence-electron chi connectivity index (χ1n) is 6.28. The van der Waals surface area contributed by atoms with Gasteiger partial charge in [-0.15, -0.1) is 0 Å². The summed E-state index contributed by atoms with van der Waals surface area (Å²) >= 11 is 0. The Bertz CT molecular complexity index is 456. The first-order chi connectivity index (χ1) is 9.52. The zero-order chi connectivity index (χ0) is 15.1. The van der Waals surface area contributed by atoms with Gasteiger partial charge < -0.3 is 14.6 Å². The van der Waals surface area contributed by atoms with E-state index in [1.165, 1.54) is 18.2 Å². The lowest BCUT2D eigenvalue weighted by atomic mass is 9.95. The molecule has 0 saturated carbocycles. The molecule has 5 nitrogen and oxygen atoms in total. The van der Waals surface area contributed by atoms with Crippen LogP contribution in [-0.4, -0.2) is 30.3 Å². The number of benzene rings is 1. The van der Waals surface area contributed by atoms with Crippen LogP contribution in [0.1, 0.15) is 25.5 Å². The first-order valence-corrected chi connectivity index (χ1v) is 6.28. The van der Waals surface area contributed by atoms with E-state index >= 15 is 0 Å². The topological polar surface area (TPSA) is 72.8 Å². The minimum absolute atomic E-state index is 0.0404. The van der Waals surface area contributed by atoms with Crippen molar-refractivity contribution in [3.8, 4) is 0 Å². The fraction of sp³-hybridized carbons (Fsp3) is 0.429. The van der Waals surface area contributed by atoms with Crippen LogP contribution in [0.15, 0.2) is 24.3 Å². The number of halogens is 1. The molecule has 0 saturated heterocycles. The number of aliphatic hydroxyl groups excluding tert-OH is 1. The van der Waals surface area contributed by atoms with Crippen LogP contribution in [-0.2, 0) is 19.1 Å². The third-order valence-electron chi connectivity index (χ3n) is 2.62. The molecule has 1 N–H and O–H groups in total. The van der Waals surface area contributed by atoms with Crippen molar-refractivity contribution in [2.24, 2.45) is 5.92 Å². The summed E-state index contributed by atoms with van der Waals surface area (Å²) in [6.45, 7) is 3.21. The Morgan fingerprint density at radius 2 is 1.65 bits per heavy atom. The Morgan fingerprint density at radius 3 is 2.10 bits per heavy atom. The van der Waals surface area contributed by atoms with Crippen molar-refractivity contribution < 1.29 is 28.6 Å². The van der Waals surface area contributed by atoms with E-state index in [0.29, 0.717) is 0 Å². The minimum Gasteiger partial charge on any atom is -0.465 e. The molecule has 110 valence electrons. The largest absolute Gasteiger partial charge is 0.465 e. The van der Waals surface area contributed by atoms with Gasteiger partial charge in [0.2, 0.25) is 0 Å². The number of ether oxygens (including phenoxy) is 2. The van der Waals surface area contributed by atoms with Crippen LogP contribution in [0.25, 0.3) is 0 Å². The summed E-state index contributed by atoms with van der Waals surface area (Å²) in [6.07, 6.45) is -1.66. The van der Waals surface area contributed by atoms with Crippen LogP contribution >= 0.6 is 0 Å². The van der Waals surface area contributed by atoms with Crippen LogP contribution in [0.4, 0.5) is 4.39 Å². The molecule has 0 aromatic heterocycles. The highest BCUT2D eigenvalue weighted by molar-refractivity contribution is 5.95. The Hall–Kier alpha value is -1.95. The highest BCUT2D eigenvalue weighted by Crippen LogP contribution is 2.26. The van der Waals surface area contributed by atoms with Crippen LogP contribution in [0, 0.1) is 11.7 Å². The summed E-state index contributed by atoms with van der Waals surface area (Å²) in [5.41, 5.74) is -0.154. The zero-order valence-corrected chi connectivity index (χ0v) is 11.3. The monoisotopic (exact) mass is 284 g/mol. The quantitative estimate of drug-likeness (QED) is 0.634. The molecule has 6 heteroatoms. The minimum atomic E-state index is -1.66. The van der Waals surface area contributed by atoms with Gasteiger partial charge >= 0.3 is 11.9 Å². The van der Waals surface area contributed by atoms with Crippen molar-refractivity contribution in [1.29, 1.82) is 0 Å². The Balaban J connectivity index is 3.06. The van der Waals surface area contributed by atoms with Gasteiger partial charge in [0, 0.05) is 5.56 Å². The number of hydrogen-bond acceptors (Lipinski definition) is 5. The summed E-state index contributed by atoms with van der Waals surface area (Å²) in [5, 5.41) is 10.1. The molecular weight excluding hydrogens is 267 g/mol. The molecule has 20 heavy (non-hydrogen) atoms. The highest BCUT2D eigenvalue weighted by atomic mass is 19.1. The van der Waals surface area contributed by atoms with Gasteiger partial charge in [-0.3, -0.25) is 9.59 Å². The molecule has 0 radical (unpaired) electrons. The van der Waals surface area contributed by atoms with E-state index in [0.717, 1.165) is 6.07 Å². The van der Waals surface area contributed by atoms with E-state index in [1.54, 1.807) is 13.8 Å². The molecule has 1 unspecified atom stereocenters. The first kappa shape index (κ1) is 16.1. The number of esters is 2. The summed E-state index contributed by atoms with van der Waals surface area (Å²) in [6, 6.07) is 5.36. The lowest BCUT2D eigenvalue weighted by Gasteiger charge is -2.20. The highest BCUT2D eigenvalue weighted by Gasteiger charge is 2.38. The maximum absolute atomic E-state index is 13.6. The molecule has 1 atom stereocenters. The molecule has 0 amide bonds. The third-order valence-corrected chi connectivity index (χ3v) is 2.62. The predicted octanol–water partition coefficient (Wildman–Crippen LogP) is 1.60.